The highest BCUT2D eigenvalue weighted by atomic mass is 16.2. The normalized spacial score (nSPS) is 21.3. The van der Waals surface area contributed by atoms with E-state index in [9.17, 15) is 28.8 Å². The van der Waals surface area contributed by atoms with Gasteiger partial charge in [0.2, 0.25) is 29.5 Å². The first-order valence-electron chi connectivity index (χ1n) is 14.3. The fourth-order valence-corrected chi connectivity index (χ4v) is 6.08. The molecule has 44 heavy (non-hydrogen) atoms. The number of aromatic nitrogens is 1. The third-order valence-electron chi connectivity index (χ3n) is 8.02. The van der Waals surface area contributed by atoms with Gasteiger partial charge >= 0.3 is 0 Å². The molecule has 14 nitrogen and oxygen atoms in total. The number of amides is 6. The van der Waals surface area contributed by atoms with Crippen LogP contribution in [0, 0.1) is 0 Å². The number of likely N-dealkylation sites (tertiary alicyclic amines) is 2. The number of nitrogens with one attached hydrogen (secondary N) is 3. The lowest BCUT2D eigenvalue weighted by Gasteiger charge is -2.25. The largest absolute Gasteiger partial charge is 0.368 e. The highest BCUT2D eigenvalue weighted by Crippen LogP contribution is 2.26. The van der Waals surface area contributed by atoms with Gasteiger partial charge < -0.3 is 37.2 Å². The minimum atomic E-state index is -1.01. The summed E-state index contributed by atoms with van der Waals surface area (Å²) in [6, 6.07) is 11.5. The molecule has 0 aliphatic carbocycles. The highest BCUT2D eigenvalue weighted by Gasteiger charge is 2.43. The molecule has 2 fully saturated rings. The zero-order chi connectivity index (χ0) is 31.5. The van der Waals surface area contributed by atoms with E-state index in [1.807, 2.05) is 12.1 Å². The number of carbonyl (C=O) groups is 6. The van der Waals surface area contributed by atoms with Crippen molar-refractivity contribution in [1.29, 1.82) is 0 Å². The molecule has 7 N–H and O–H groups in total. The second-order valence-electron chi connectivity index (χ2n) is 11.0. The molecule has 1 aromatic heterocycles. The average Bonchev–Trinajstić information content (AvgIpc) is 3.62. The summed E-state index contributed by atoms with van der Waals surface area (Å²) in [5, 5.41) is 9.48. The Morgan fingerprint density at radius 3 is 1.93 bits per heavy atom. The van der Waals surface area contributed by atoms with E-state index in [0.717, 1.165) is 0 Å². The van der Waals surface area contributed by atoms with Gasteiger partial charge in [0, 0.05) is 42.9 Å². The minimum absolute atomic E-state index is 0.0259. The Kier molecular flexibility index (Phi) is 8.71. The predicted molar refractivity (Wildman–Crippen MR) is 160 cm³/mol. The summed E-state index contributed by atoms with van der Waals surface area (Å²) >= 11 is 0. The molecule has 0 bridgehead atoms. The zero-order valence-electron chi connectivity index (χ0n) is 24.1. The molecule has 5 rings (SSSR count). The lowest BCUT2D eigenvalue weighted by molar-refractivity contribution is -0.137. The van der Waals surface area contributed by atoms with E-state index in [1.54, 1.807) is 36.4 Å². The van der Waals surface area contributed by atoms with Crippen molar-refractivity contribution in [1.82, 2.24) is 30.7 Å². The first-order valence-corrected chi connectivity index (χ1v) is 14.3. The van der Waals surface area contributed by atoms with Gasteiger partial charge in [-0.2, -0.15) is 0 Å². The molecule has 2 saturated heterocycles. The third-order valence-corrected chi connectivity index (χ3v) is 8.02. The first-order chi connectivity index (χ1) is 21.1. The van der Waals surface area contributed by atoms with Crippen molar-refractivity contribution in [3.05, 3.63) is 54.1 Å². The molecular weight excluding hydrogens is 568 g/mol. The number of primary amides is 1. The SMILES string of the molecule is CC(=O)NC1CC(C(=O)NC2CC(C(N)=O)N(C(=O)CNC(=O)c3c4ccccc4nc4ccccc34)C2)N(C(=O)CN)C1. The Morgan fingerprint density at radius 2 is 1.36 bits per heavy atom. The number of benzene rings is 2. The Balaban J connectivity index is 1.27. The van der Waals surface area contributed by atoms with Crippen LogP contribution in [0.5, 0.6) is 0 Å². The topological polar surface area (TPSA) is 210 Å². The Morgan fingerprint density at radius 1 is 0.818 bits per heavy atom. The molecule has 4 unspecified atom stereocenters. The average molecular weight is 603 g/mol. The Labute approximate surface area is 252 Å². The number of hydrogen-bond acceptors (Lipinski definition) is 8. The summed E-state index contributed by atoms with van der Waals surface area (Å²) in [4.78, 5) is 83.4. The number of para-hydroxylation sites is 2. The van der Waals surface area contributed by atoms with Crippen LogP contribution in [0.25, 0.3) is 21.8 Å². The lowest BCUT2D eigenvalue weighted by atomic mass is 10.0. The Hall–Kier alpha value is -5.11. The van der Waals surface area contributed by atoms with Crippen LogP contribution in [-0.2, 0) is 24.0 Å². The molecular formula is C30H34N8O6. The van der Waals surface area contributed by atoms with E-state index in [1.165, 1.54) is 16.7 Å². The van der Waals surface area contributed by atoms with Crippen molar-refractivity contribution in [2.45, 2.75) is 43.9 Å². The predicted octanol–water partition coefficient (Wildman–Crippen LogP) is -1.25. The third kappa shape index (κ3) is 6.15. The van der Waals surface area contributed by atoms with Gasteiger partial charge in [-0.25, -0.2) is 4.98 Å². The van der Waals surface area contributed by atoms with Crippen LogP contribution < -0.4 is 27.4 Å². The van der Waals surface area contributed by atoms with Crippen molar-refractivity contribution in [2.24, 2.45) is 11.5 Å². The van der Waals surface area contributed by atoms with Crippen LogP contribution in [0.2, 0.25) is 0 Å². The fourth-order valence-electron chi connectivity index (χ4n) is 6.08. The van der Waals surface area contributed by atoms with Gasteiger partial charge in [-0.15, -0.1) is 0 Å². The van der Waals surface area contributed by atoms with Crippen molar-refractivity contribution in [3.8, 4) is 0 Å². The Bertz CT molecular complexity index is 1610. The second-order valence-corrected chi connectivity index (χ2v) is 11.0. The maximum atomic E-state index is 13.4. The summed E-state index contributed by atoms with van der Waals surface area (Å²) in [5.74, 6) is -3.00. The van der Waals surface area contributed by atoms with Crippen molar-refractivity contribution in [3.63, 3.8) is 0 Å². The minimum Gasteiger partial charge on any atom is -0.368 e. The number of nitrogens with two attached hydrogens (primary N) is 2. The van der Waals surface area contributed by atoms with E-state index >= 15 is 0 Å². The van der Waals surface area contributed by atoms with Crippen LogP contribution in [-0.4, -0.2) is 101 Å². The second kappa shape index (κ2) is 12.6. The van der Waals surface area contributed by atoms with Gasteiger partial charge in [0.05, 0.1) is 29.7 Å². The summed E-state index contributed by atoms with van der Waals surface area (Å²) in [6.07, 6.45) is 0.253. The molecule has 0 saturated carbocycles. The molecule has 14 heteroatoms. The molecule has 230 valence electrons. The standard InChI is InChI=1S/C30H34N8O6/c1-16(39)34-17-11-24(38(14-17)25(40)12-31)29(43)35-18-10-23(28(32)42)37(15-18)26(41)13-33-30(44)27-19-6-2-4-8-21(19)36-22-9-5-3-7-20(22)27/h2-9,17-18,23-24H,10-15,31H2,1H3,(H2,32,42)(H,33,44)(H,34,39)(H,35,43). The molecule has 4 atom stereocenters. The highest BCUT2D eigenvalue weighted by molar-refractivity contribution is 6.16. The van der Waals surface area contributed by atoms with Gasteiger partial charge in [-0.1, -0.05) is 36.4 Å². The molecule has 0 radical (unpaired) electrons. The van der Waals surface area contributed by atoms with Crippen LogP contribution >= 0.6 is 0 Å². The maximum absolute atomic E-state index is 13.4. The van der Waals surface area contributed by atoms with Crippen LogP contribution in [0.4, 0.5) is 0 Å². The smallest absolute Gasteiger partial charge is 0.253 e. The van der Waals surface area contributed by atoms with Crippen LogP contribution in [0.1, 0.15) is 30.1 Å². The molecule has 0 spiro atoms. The van der Waals surface area contributed by atoms with E-state index in [2.05, 4.69) is 20.9 Å². The van der Waals surface area contributed by atoms with Gasteiger partial charge in [0.25, 0.3) is 5.91 Å². The summed E-state index contributed by atoms with van der Waals surface area (Å²) in [6.45, 7) is 0.744. The van der Waals surface area contributed by atoms with Gasteiger partial charge in [-0.05, 0) is 25.0 Å². The molecule has 2 aliphatic rings. The summed E-state index contributed by atoms with van der Waals surface area (Å²) < 4.78 is 0. The van der Waals surface area contributed by atoms with E-state index in [4.69, 9.17) is 11.5 Å². The van der Waals surface area contributed by atoms with Gasteiger partial charge in [-0.3, -0.25) is 28.8 Å². The van der Waals surface area contributed by atoms with E-state index in [0.29, 0.717) is 27.4 Å². The van der Waals surface area contributed by atoms with Gasteiger partial charge in [0.15, 0.2) is 0 Å². The van der Waals surface area contributed by atoms with Gasteiger partial charge in [0.1, 0.15) is 12.1 Å². The van der Waals surface area contributed by atoms with Crippen LogP contribution in [0.3, 0.4) is 0 Å². The number of carbonyl (C=O) groups excluding carboxylic acids is 6. The van der Waals surface area contributed by atoms with E-state index < -0.39 is 60.2 Å². The zero-order valence-corrected chi connectivity index (χ0v) is 24.1. The lowest BCUT2D eigenvalue weighted by Crippen LogP contribution is -2.51. The van der Waals surface area contributed by atoms with Crippen LogP contribution in [0.15, 0.2) is 48.5 Å². The quantitative estimate of drug-likeness (QED) is 0.196. The molecule has 6 amide bonds. The summed E-state index contributed by atoms with van der Waals surface area (Å²) in [5.41, 5.74) is 12.8. The monoisotopic (exact) mass is 602 g/mol. The van der Waals surface area contributed by atoms with Crippen molar-refractivity contribution in [2.75, 3.05) is 26.2 Å². The maximum Gasteiger partial charge on any atom is 0.253 e. The number of nitrogens with zero attached hydrogens (tertiary/aromatic N) is 3. The summed E-state index contributed by atoms with van der Waals surface area (Å²) in [7, 11) is 0. The fraction of sp³-hybridized carbons (Fsp3) is 0.367. The van der Waals surface area contributed by atoms with Crippen molar-refractivity contribution >= 4 is 57.2 Å². The molecule has 3 heterocycles. The molecule has 2 aliphatic heterocycles. The van der Waals surface area contributed by atoms with Crippen molar-refractivity contribution < 1.29 is 28.8 Å². The molecule has 3 aromatic rings. The van der Waals surface area contributed by atoms with E-state index in [-0.39, 0.29) is 38.4 Å². The molecule has 2 aromatic carbocycles. The number of pyridine rings is 1. The number of rotatable bonds is 8. The first kappa shape index (κ1) is 30.4. The number of hydrogen-bond donors (Lipinski definition) is 5. The number of fused-ring (bicyclic) bond motifs is 2.